The van der Waals surface area contributed by atoms with Gasteiger partial charge in [0.1, 0.15) is 23.6 Å². The summed E-state index contributed by atoms with van der Waals surface area (Å²) in [4.78, 5) is 21.3. The number of hydrogen-bond acceptors (Lipinski definition) is 6. The molecule has 0 fully saturated rings. The Bertz CT molecular complexity index is 934. The van der Waals surface area contributed by atoms with Gasteiger partial charge in [-0.25, -0.2) is 9.97 Å². The van der Waals surface area contributed by atoms with E-state index in [0.717, 1.165) is 27.2 Å². The Morgan fingerprint density at radius 3 is 2.77 bits per heavy atom. The van der Waals surface area contributed by atoms with Gasteiger partial charge in [-0.2, -0.15) is 0 Å². The molecule has 136 valence electrons. The summed E-state index contributed by atoms with van der Waals surface area (Å²) < 4.78 is 5.22. The molecule has 0 spiro atoms. The van der Waals surface area contributed by atoms with Gasteiger partial charge in [0.25, 0.3) is 0 Å². The Kier molecular flexibility index (Phi) is 5.52. The van der Waals surface area contributed by atoms with E-state index >= 15 is 0 Å². The molecule has 0 radical (unpaired) electrons. The number of hydrogen-bond donors (Lipinski definition) is 1. The molecule has 6 heteroatoms. The Balaban J connectivity index is 1.84. The second-order valence-corrected chi connectivity index (χ2v) is 7.46. The summed E-state index contributed by atoms with van der Waals surface area (Å²) >= 11 is 1.60. The summed E-state index contributed by atoms with van der Waals surface area (Å²) in [6.45, 7) is 8.69. The van der Waals surface area contributed by atoms with Gasteiger partial charge >= 0.3 is 5.97 Å². The number of thiophene rings is 1. The van der Waals surface area contributed by atoms with E-state index in [2.05, 4.69) is 52.7 Å². The molecule has 0 amide bonds. The second kappa shape index (κ2) is 7.83. The lowest BCUT2D eigenvalue weighted by Crippen LogP contribution is -2.17. The smallest absolute Gasteiger partial charge is 0.308 e. The molecule has 2 heterocycles. The van der Waals surface area contributed by atoms with Gasteiger partial charge in [0.2, 0.25) is 0 Å². The molecule has 0 saturated heterocycles. The van der Waals surface area contributed by atoms with Gasteiger partial charge in [0.15, 0.2) is 0 Å². The summed E-state index contributed by atoms with van der Waals surface area (Å²) in [7, 11) is 0. The summed E-state index contributed by atoms with van der Waals surface area (Å²) in [5, 5.41) is 6.41. The van der Waals surface area contributed by atoms with Crippen LogP contribution in [-0.4, -0.2) is 29.1 Å². The van der Waals surface area contributed by atoms with E-state index in [1.165, 1.54) is 11.1 Å². The highest BCUT2D eigenvalue weighted by molar-refractivity contribution is 7.17. The van der Waals surface area contributed by atoms with Gasteiger partial charge in [-0.1, -0.05) is 32.0 Å². The first kappa shape index (κ1) is 18.3. The number of aryl methyl sites for hydroxylation is 2. The number of ether oxygens (including phenoxy) is 1. The van der Waals surface area contributed by atoms with Crippen LogP contribution in [0.1, 0.15) is 25.0 Å². The Morgan fingerprint density at radius 2 is 2.04 bits per heavy atom. The monoisotopic (exact) mass is 369 g/mol. The van der Waals surface area contributed by atoms with Crippen LogP contribution in [-0.2, 0) is 9.53 Å². The van der Waals surface area contributed by atoms with Gasteiger partial charge in [-0.3, -0.25) is 4.79 Å². The van der Waals surface area contributed by atoms with Gasteiger partial charge in [-0.15, -0.1) is 11.3 Å². The van der Waals surface area contributed by atoms with Crippen molar-refractivity contribution in [2.24, 2.45) is 5.92 Å². The average molecular weight is 369 g/mol. The Labute approximate surface area is 157 Å². The van der Waals surface area contributed by atoms with Crippen LogP contribution in [0.2, 0.25) is 0 Å². The minimum Gasteiger partial charge on any atom is -0.464 e. The van der Waals surface area contributed by atoms with E-state index in [-0.39, 0.29) is 11.9 Å². The maximum absolute atomic E-state index is 11.5. The zero-order valence-corrected chi connectivity index (χ0v) is 16.3. The molecule has 0 saturated carbocycles. The molecule has 0 aliphatic heterocycles. The fraction of sp³-hybridized carbons (Fsp3) is 0.350. The number of fused-ring (bicyclic) bond motifs is 1. The molecule has 0 bridgehead atoms. The number of nitrogens with zero attached hydrogens (tertiary/aromatic N) is 2. The number of esters is 1. The molecule has 26 heavy (non-hydrogen) atoms. The predicted octanol–water partition coefficient (Wildman–Crippen LogP) is 4.59. The molecule has 0 unspecified atom stereocenters. The number of benzene rings is 1. The van der Waals surface area contributed by atoms with Crippen molar-refractivity contribution in [1.29, 1.82) is 0 Å². The number of rotatable bonds is 6. The van der Waals surface area contributed by atoms with E-state index in [0.29, 0.717) is 13.2 Å². The van der Waals surface area contributed by atoms with Crippen molar-refractivity contribution in [1.82, 2.24) is 9.97 Å². The lowest BCUT2D eigenvalue weighted by molar-refractivity contribution is -0.146. The molecule has 5 nitrogen and oxygen atoms in total. The number of carbonyl (C=O) groups is 1. The molecule has 3 aromatic rings. The number of carbonyl (C=O) groups excluding carboxylic acids is 1. The third-order valence-corrected chi connectivity index (χ3v) is 5.18. The van der Waals surface area contributed by atoms with Crippen molar-refractivity contribution in [2.75, 3.05) is 18.5 Å². The van der Waals surface area contributed by atoms with Crippen molar-refractivity contribution in [3.63, 3.8) is 0 Å². The SMILES string of the molecule is Cc1ccc(-c2csc3ncnc(NCCOC(=O)C(C)C)c23)cc1C. The average Bonchev–Trinajstić information content (AvgIpc) is 3.05. The van der Waals surface area contributed by atoms with Gasteiger partial charge in [-0.05, 0) is 30.5 Å². The van der Waals surface area contributed by atoms with E-state index in [9.17, 15) is 4.79 Å². The molecule has 1 N–H and O–H groups in total. The fourth-order valence-corrected chi connectivity index (χ4v) is 3.53. The van der Waals surface area contributed by atoms with Gasteiger partial charge < -0.3 is 10.1 Å². The van der Waals surface area contributed by atoms with Crippen molar-refractivity contribution < 1.29 is 9.53 Å². The second-order valence-electron chi connectivity index (χ2n) is 6.60. The maximum atomic E-state index is 11.5. The van der Waals surface area contributed by atoms with Crippen LogP contribution in [0, 0.1) is 19.8 Å². The van der Waals surface area contributed by atoms with Crippen LogP contribution in [0.3, 0.4) is 0 Å². The maximum Gasteiger partial charge on any atom is 0.308 e. The van der Waals surface area contributed by atoms with E-state index in [4.69, 9.17) is 4.74 Å². The molecule has 0 atom stereocenters. The zero-order chi connectivity index (χ0) is 18.7. The van der Waals surface area contributed by atoms with Gasteiger partial charge in [0, 0.05) is 10.9 Å². The van der Waals surface area contributed by atoms with Crippen LogP contribution in [0.5, 0.6) is 0 Å². The van der Waals surface area contributed by atoms with Crippen molar-refractivity contribution in [3.05, 3.63) is 41.0 Å². The quantitative estimate of drug-likeness (QED) is 0.509. The fourth-order valence-electron chi connectivity index (χ4n) is 2.62. The van der Waals surface area contributed by atoms with Crippen molar-refractivity contribution >= 4 is 33.3 Å². The summed E-state index contributed by atoms with van der Waals surface area (Å²) in [6.07, 6.45) is 1.56. The van der Waals surface area contributed by atoms with Crippen molar-refractivity contribution in [3.8, 4) is 11.1 Å². The number of anilines is 1. The first-order valence-corrected chi connectivity index (χ1v) is 9.55. The first-order chi connectivity index (χ1) is 12.5. The zero-order valence-electron chi connectivity index (χ0n) is 15.5. The Morgan fingerprint density at radius 1 is 1.23 bits per heavy atom. The lowest BCUT2D eigenvalue weighted by atomic mass is 10.0. The molecule has 1 aromatic carbocycles. The van der Waals surface area contributed by atoms with Crippen molar-refractivity contribution in [2.45, 2.75) is 27.7 Å². The normalized spacial score (nSPS) is 11.1. The van der Waals surface area contributed by atoms with E-state index in [1.807, 2.05) is 13.8 Å². The van der Waals surface area contributed by atoms with E-state index in [1.54, 1.807) is 17.7 Å². The molecular formula is C20H23N3O2S. The van der Waals surface area contributed by atoms with Gasteiger partial charge in [0.05, 0.1) is 17.8 Å². The number of aromatic nitrogens is 2. The molecule has 3 rings (SSSR count). The minimum absolute atomic E-state index is 0.117. The minimum atomic E-state index is -0.189. The molecule has 0 aliphatic rings. The Hall–Kier alpha value is -2.47. The highest BCUT2D eigenvalue weighted by atomic mass is 32.1. The summed E-state index contributed by atoms with van der Waals surface area (Å²) in [5.41, 5.74) is 4.81. The van der Waals surface area contributed by atoms with E-state index < -0.39 is 0 Å². The standard InChI is InChI=1S/C20H23N3O2S/c1-12(2)20(24)25-8-7-21-18-17-16(10-26-19(17)23-11-22-18)15-6-5-13(3)14(4)9-15/h5-6,9-12H,7-8H2,1-4H3,(H,21,22,23). The van der Waals surface area contributed by atoms with Crippen LogP contribution < -0.4 is 5.32 Å². The largest absolute Gasteiger partial charge is 0.464 e. The third kappa shape index (κ3) is 3.85. The van der Waals surface area contributed by atoms with Crippen LogP contribution in [0.4, 0.5) is 5.82 Å². The predicted molar refractivity (Wildman–Crippen MR) is 107 cm³/mol. The molecule has 2 aromatic heterocycles. The highest BCUT2D eigenvalue weighted by Gasteiger charge is 2.14. The topological polar surface area (TPSA) is 64.1 Å². The molecular weight excluding hydrogens is 346 g/mol. The third-order valence-electron chi connectivity index (χ3n) is 4.30. The summed E-state index contributed by atoms with van der Waals surface area (Å²) in [6, 6.07) is 6.46. The van der Waals surface area contributed by atoms with Crippen LogP contribution in [0.15, 0.2) is 29.9 Å². The molecule has 0 aliphatic carbocycles. The van der Waals surface area contributed by atoms with Crippen LogP contribution in [0.25, 0.3) is 21.3 Å². The summed E-state index contributed by atoms with van der Waals surface area (Å²) in [5.74, 6) is 0.463. The lowest BCUT2D eigenvalue weighted by Gasteiger charge is -2.10. The van der Waals surface area contributed by atoms with Crippen LogP contribution >= 0.6 is 11.3 Å². The number of nitrogens with one attached hydrogen (secondary N) is 1. The first-order valence-electron chi connectivity index (χ1n) is 8.67. The highest BCUT2D eigenvalue weighted by Crippen LogP contribution is 2.36.